The van der Waals surface area contributed by atoms with Crippen molar-refractivity contribution in [3.8, 4) is 5.75 Å². The normalized spacial score (nSPS) is 10.7. The Bertz CT molecular complexity index is 717. The molecule has 0 N–H and O–H groups in total. The summed E-state index contributed by atoms with van der Waals surface area (Å²) in [6, 6.07) is 9.01. The molecule has 0 aliphatic rings. The Morgan fingerprint density at radius 3 is 2.70 bits per heavy atom. The summed E-state index contributed by atoms with van der Waals surface area (Å²) in [7, 11) is 1.43. The van der Waals surface area contributed by atoms with E-state index in [9.17, 15) is 14.9 Å². The highest BCUT2D eigenvalue weighted by molar-refractivity contribution is 5.72. The molecular weight excluding hydrogens is 262 g/mol. The molecule has 0 bridgehead atoms. The maximum absolute atomic E-state index is 11.3. The average molecular weight is 273 g/mol. The van der Waals surface area contributed by atoms with Crippen molar-refractivity contribution in [3.05, 3.63) is 68.3 Å². The van der Waals surface area contributed by atoms with E-state index < -0.39 is 10.5 Å². The Morgan fingerprint density at radius 2 is 2.00 bits per heavy atom. The van der Waals surface area contributed by atoms with Gasteiger partial charge in [-0.25, -0.2) is 4.79 Å². The Hall–Kier alpha value is -2.89. The van der Waals surface area contributed by atoms with Gasteiger partial charge in [0.15, 0.2) is 0 Å². The number of hydrogen-bond donors (Lipinski definition) is 0. The first-order chi connectivity index (χ1) is 9.60. The second-order valence-corrected chi connectivity index (χ2v) is 3.87. The maximum Gasteiger partial charge on any atom is 0.339 e. The Balaban J connectivity index is 2.37. The van der Waals surface area contributed by atoms with Crippen LogP contribution in [0.1, 0.15) is 11.3 Å². The standard InChI is InChI=1S/C14H11NO5/c1-19-12-8-11(20-14(16)9-12)7-6-10-4-2-3-5-13(10)15(17)18/h2-9H,1H3/b7-6-. The fourth-order valence-corrected chi connectivity index (χ4v) is 1.64. The lowest BCUT2D eigenvalue weighted by molar-refractivity contribution is -0.385. The zero-order valence-electron chi connectivity index (χ0n) is 10.6. The summed E-state index contributed by atoms with van der Waals surface area (Å²) in [5.74, 6) is 0.621. The smallest absolute Gasteiger partial charge is 0.339 e. The summed E-state index contributed by atoms with van der Waals surface area (Å²) in [6.07, 6.45) is 2.99. The van der Waals surface area contributed by atoms with Crippen molar-refractivity contribution < 1.29 is 14.1 Å². The summed E-state index contributed by atoms with van der Waals surface area (Å²) in [6.45, 7) is 0. The summed E-state index contributed by atoms with van der Waals surface area (Å²) in [5.41, 5.74) is -0.150. The van der Waals surface area contributed by atoms with Gasteiger partial charge in [0.05, 0.1) is 23.7 Å². The number of nitrogens with zero attached hydrogens (tertiary/aromatic N) is 1. The van der Waals surface area contributed by atoms with Gasteiger partial charge < -0.3 is 9.15 Å². The molecule has 1 aromatic carbocycles. The average Bonchev–Trinajstić information content (AvgIpc) is 2.44. The van der Waals surface area contributed by atoms with Gasteiger partial charge in [-0.1, -0.05) is 12.1 Å². The van der Waals surface area contributed by atoms with E-state index >= 15 is 0 Å². The molecule has 102 valence electrons. The molecule has 0 fully saturated rings. The summed E-state index contributed by atoms with van der Waals surface area (Å²) >= 11 is 0. The van der Waals surface area contributed by atoms with Gasteiger partial charge in [-0.15, -0.1) is 0 Å². The van der Waals surface area contributed by atoms with Crippen LogP contribution < -0.4 is 10.4 Å². The van der Waals surface area contributed by atoms with Gasteiger partial charge >= 0.3 is 5.63 Å². The highest BCUT2D eigenvalue weighted by Gasteiger charge is 2.09. The lowest BCUT2D eigenvalue weighted by Crippen LogP contribution is -1.98. The second-order valence-electron chi connectivity index (χ2n) is 3.87. The van der Waals surface area contributed by atoms with Crippen LogP contribution in [-0.4, -0.2) is 12.0 Å². The topological polar surface area (TPSA) is 82.6 Å². The van der Waals surface area contributed by atoms with E-state index in [0.29, 0.717) is 11.3 Å². The highest BCUT2D eigenvalue weighted by Crippen LogP contribution is 2.20. The third kappa shape index (κ3) is 3.11. The lowest BCUT2D eigenvalue weighted by atomic mass is 10.1. The summed E-state index contributed by atoms with van der Waals surface area (Å²) in [4.78, 5) is 21.7. The van der Waals surface area contributed by atoms with Crippen LogP contribution in [0.3, 0.4) is 0 Å². The van der Waals surface area contributed by atoms with Gasteiger partial charge in [-0.3, -0.25) is 10.1 Å². The molecule has 0 spiro atoms. The SMILES string of the molecule is COc1cc(/C=C\c2ccccc2[N+](=O)[O-])oc(=O)c1. The molecule has 20 heavy (non-hydrogen) atoms. The molecule has 0 atom stereocenters. The van der Waals surface area contributed by atoms with Crippen LogP contribution in [-0.2, 0) is 0 Å². The van der Waals surface area contributed by atoms with Gasteiger partial charge in [-0.2, -0.15) is 0 Å². The molecule has 2 aromatic rings. The summed E-state index contributed by atoms with van der Waals surface area (Å²) in [5, 5.41) is 10.9. The lowest BCUT2D eigenvalue weighted by Gasteiger charge is -1.99. The second kappa shape index (κ2) is 5.83. The number of rotatable bonds is 4. The van der Waals surface area contributed by atoms with E-state index in [1.165, 1.54) is 37.5 Å². The molecule has 0 aliphatic heterocycles. The quantitative estimate of drug-likeness (QED) is 0.631. The first-order valence-corrected chi connectivity index (χ1v) is 5.71. The first-order valence-electron chi connectivity index (χ1n) is 5.71. The summed E-state index contributed by atoms with van der Waals surface area (Å²) < 4.78 is 9.90. The minimum atomic E-state index is -0.549. The number of nitro groups is 1. The van der Waals surface area contributed by atoms with Gasteiger partial charge in [0.1, 0.15) is 11.5 Å². The monoisotopic (exact) mass is 273 g/mol. The maximum atomic E-state index is 11.3. The van der Waals surface area contributed by atoms with Gasteiger partial charge in [0.25, 0.3) is 5.69 Å². The van der Waals surface area contributed by atoms with E-state index in [2.05, 4.69) is 0 Å². The highest BCUT2D eigenvalue weighted by atomic mass is 16.6. The fourth-order valence-electron chi connectivity index (χ4n) is 1.64. The Morgan fingerprint density at radius 1 is 1.25 bits per heavy atom. The van der Waals surface area contributed by atoms with E-state index in [4.69, 9.17) is 9.15 Å². The number of ether oxygens (including phenoxy) is 1. The third-order valence-corrected chi connectivity index (χ3v) is 2.56. The van der Waals surface area contributed by atoms with Crippen LogP contribution >= 0.6 is 0 Å². The largest absolute Gasteiger partial charge is 0.496 e. The molecule has 0 unspecified atom stereocenters. The van der Waals surface area contributed by atoms with Gasteiger partial charge in [-0.05, 0) is 18.2 Å². The van der Waals surface area contributed by atoms with Crippen molar-refractivity contribution in [2.24, 2.45) is 0 Å². The van der Waals surface area contributed by atoms with Crippen molar-refractivity contribution >= 4 is 17.8 Å². The number of nitro benzene ring substituents is 1. The fraction of sp³-hybridized carbons (Fsp3) is 0.0714. The number of para-hydroxylation sites is 1. The van der Waals surface area contributed by atoms with E-state index in [0.717, 1.165) is 0 Å². The van der Waals surface area contributed by atoms with Crippen LogP contribution in [0.4, 0.5) is 5.69 Å². The zero-order chi connectivity index (χ0) is 14.5. The Kier molecular flexibility index (Phi) is 3.95. The number of hydrogen-bond acceptors (Lipinski definition) is 5. The van der Waals surface area contributed by atoms with Gasteiger partial charge in [0, 0.05) is 12.1 Å². The van der Waals surface area contributed by atoms with Crippen molar-refractivity contribution in [3.63, 3.8) is 0 Å². The van der Waals surface area contributed by atoms with Gasteiger partial charge in [0.2, 0.25) is 0 Å². The van der Waals surface area contributed by atoms with Crippen molar-refractivity contribution in [2.45, 2.75) is 0 Å². The minimum absolute atomic E-state index is 0.0195. The molecule has 1 aromatic heterocycles. The van der Waals surface area contributed by atoms with E-state index in [1.807, 2.05) is 0 Å². The van der Waals surface area contributed by atoms with Crippen molar-refractivity contribution in [1.82, 2.24) is 0 Å². The van der Waals surface area contributed by atoms with Crippen LogP contribution in [0.25, 0.3) is 12.2 Å². The van der Waals surface area contributed by atoms with E-state index in [-0.39, 0.29) is 11.4 Å². The molecule has 0 radical (unpaired) electrons. The molecular formula is C14H11NO5. The molecule has 2 rings (SSSR count). The predicted molar refractivity (Wildman–Crippen MR) is 73.6 cm³/mol. The molecule has 0 amide bonds. The molecule has 1 heterocycles. The Labute approximate surface area is 114 Å². The minimum Gasteiger partial charge on any atom is -0.496 e. The third-order valence-electron chi connectivity index (χ3n) is 2.56. The number of methoxy groups -OCH3 is 1. The van der Waals surface area contributed by atoms with Crippen LogP contribution in [0.5, 0.6) is 5.75 Å². The zero-order valence-corrected chi connectivity index (χ0v) is 10.6. The molecule has 6 nitrogen and oxygen atoms in total. The van der Waals surface area contributed by atoms with Crippen LogP contribution in [0.15, 0.2) is 45.6 Å². The van der Waals surface area contributed by atoms with Crippen LogP contribution in [0.2, 0.25) is 0 Å². The predicted octanol–water partition coefficient (Wildman–Crippen LogP) is 2.73. The molecule has 0 saturated carbocycles. The van der Waals surface area contributed by atoms with Crippen molar-refractivity contribution in [1.29, 1.82) is 0 Å². The number of benzene rings is 1. The first kappa shape index (κ1) is 13.5. The molecule has 0 aliphatic carbocycles. The van der Waals surface area contributed by atoms with E-state index in [1.54, 1.807) is 18.2 Å². The van der Waals surface area contributed by atoms with Crippen LogP contribution in [0, 0.1) is 10.1 Å². The molecule has 0 saturated heterocycles. The van der Waals surface area contributed by atoms with Crippen molar-refractivity contribution in [2.75, 3.05) is 7.11 Å². The molecule has 6 heteroatoms.